The molecule has 0 radical (unpaired) electrons. The van der Waals surface area contributed by atoms with Gasteiger partial charge < -0.3 is 25.2 Å². The second kappa shape index (κ2) is 14.3. The molecule has 2 aliphatic heterocycles. The third-order valence-electron chi connectivity index (χ3n) is 6.65. The maximum absolute atomic E-state index is 12.6. The molecular weight excluding hydrogens is 607 g/mol. The highest BCUT2D eigenvalue weighted by atomic mass is 19.4. The average molecular weight is 637 g/mol. The molecule has 1 aliphatic carbocycles. The highest BCUT2D eigenvalue weighted by molar-refractivity contribution is 6.14. The normalized spacial score (nSPS) is 18.7. The number of carboxylic acid groups (broad SMARTS) is 2. The van der Waals surface area contributed by atoms with E-state index in [4.69, 9.17) is 29.8 Å². The molecule has 3 aliphatic rings. The number of aliphatic imine (C=N–C) groups is 2. The second-order valence-electron chi connectivity index (χ2n) is 9.74. The Labute approximate surface area is 239 Å². The zero-order valence-electron chi connectivity index (χ0n) is 22.6. The molecule has 1 aromatic carbocycles. The Morgan fingerprint density at radius 2 is 1.44 bits per heavy atom. The monoisotopic (exact) mass is 636 g/mol. The van der Waals surface area contributed by atoms with Crippen molar-refractivity contribution in [2.45, 2.75) is 75.2 Å². The SMILES string of the molecule is CN(C1=NC(c2cccc(OC(F)(F)F)c2)=NC12CCNCC2)C1CCCCC1.O=C(O)C(F)(F)F.O=C(O)C(F)(F)F. The number of aliphatic carboxylic acids is 2. The van der Waals surface area contributed by atoms with Crippen molar-refractivity contribution in [2.24, 2.45) is 9.98 Å². The van der Waals surface area contributed by atoms with Gasteiger partial charge in [0.05, 0.1) is 0 Å². The molecule has 1 saturated heterocycles. The van der Waals surface area contributed by atoms with Gasteiger partial charge in [0.15, 0.2) is 5.84 Å². The smallest absolute Gasteiger partial charge is 0.475 e. The van der Waals surface area contributed by atoms with Crippen LogP contribution in [0.3, 0.4) is 0 Å². The summed E-state index contributed by atoms with van der Waals surface area (Å²) in [6.45, 7) is 1.71. The van der Waals surface area contributed by atoms with Crippen LogP contribution in [-0.2, 0) is 9.59 Å². The minimum absolute atomic E-state index is 0.249. The zero-order chi connectivity index (χ0) is 32.6. The van der Waals surface area contributed by atoms with Gasteiger partial charge in [-0.15, -0.1) is 13.2 Å². The van der Waals surface area contributed by atoms with Crippen LogP contribution in [0.25, 0.3) is 0 Å². The minimum Gasteiger partial charge on any atom is -0.475 e. The number of likely N-dealkylation sites (N-methyl/N-ethyl adjacent to an activating group) is 1. The highest BCUT2D eigenvalue weighted by Crippen LogP contribution is 2.35. The van der Waals surface area contributed by atoms with Gasteiger partial charge in [0.2, 0.25) is 0 Å². The van der Waals surface area contributed by atoms with E-state index in [-0.39, 0.29) is 5.75 Å². The van der Waals surface area contributed by atoms with Gasteiger partial charge in [-0.05, 0) is 50.9 Å². The number of nitrogens with one attached hydrogen (secondary N) is 1. The molecule has 1 aromatic rings. The number of alkyl halides is 9. The standard InChI is InChI=1S/C21H27F3N4O.2C2HF3O2/c1-28(16-7-3-2-4-8-16)19-20(10-12-25-13-11-20)27-18(26-19)15-6-5-9-17(14-15)29-21(22,23)24;2*3-2(4,5)1(6)7/h5-6,9,14,16,25H,2-4,7-8,10-13H2,1H3;2*(H,6,7). The summed E-state index contributed by atoms with van der Waals surface area (Å²) >= 11 is 0. The third-order valence-corrected chi connectivity index (χ3v) is 6.65. The first kappa shape index (κ1) is 35.6. The van der Waals surface area contributed by atoms with Gasteiger partial charge in [0, 0.05) is 18.7 Å². The number of nitrogens with zero attached hydrogens (tertiary/aromatic N) is 3. The van der Waals surface area contributed by atoms with E-state index in [9.17, 15) is 39.5 Å². The average Bonchev–Trinajstić information content (AvgIpc) is 3.26. The highest BCUT2D eigenvalue weighted by Gasteiger charge is 2.45. The first-order valence-corrected chi connectivity index (χ1v) is 12.8. The largest absolute Gasteiger partial charge is 0.573 e. The molecule has 3 N–H and O–H groups in total. The Bertz CT molecular complexity index is 1150. The molecular formula is C25H29F9N4O5. The van der Waals surface area contributed by atoms with Crippen molar-refractivity contribution in [3.63, 3.8) is 0 Å². The lowest BCUT2D eigenvalue weighted by molar-refractivity contribution is -0.274. The van der Waals surface area contributed by atoms with E-state index in [0.717, 1.165) is 44.6 Å². The number of benzene rings is 1. The lowest BCUT2D eigenvalue weighted by atomic mass is 9.85. The van der Waals surface area contributed by atoms with Gasteiger partial charge in [0.25, 0.3) is 0 Å². The Kier molecular flexibility index (Phi) is 11.8. The van der Waals surface area contributed by atoms with E-state index >= 15 is 0 Å². The molecule has 1 saturated carbocycles. The molecule has 0 amide bonds. The van der Waals surface area contributed by atoms with Crippen molar-refractivity contribution < 1.29 is 64.1 Å². The van der Waals surface area contributed by atoms with Crippen molar-refractivity contribution in [3.8, 4) is 5.75 Å². The van der Waals surface area contributed by atoms with Crippen molar-refractivity contribution in [2.75, 3.05) is 20.1 Å². The molecule has 1 spiro atoms. The van der Waals surface area contributed by atoms with Crippen LogP contribution in [0.4, 0.5) is 39.5 Å². The molecule has 2 fully saturated rings. The Balaban J connectivity index is 0.000000384. The summed E-state index contributed by atoms with van der Waals surface area (Å²) in [7, 11) is 2.10. The first-order valence-electron chi connectivity index (χ1n) is 12.8. The van der Waals surface area contributed by atoms with Gasteiger partial charge in [0.1, 0.15) is 17.1 Å². The predicted molar refractivity (Wildman–Crippen MR) is 134 cm³/mol. The van der Waals surface area contributed by atoms with Crippen molar-refractivity contribution in [3.05, 3.63) is 29.8 Å². The number of ether oxygens (including phenoxy) is 1. The van der Waals surface area contributed by atoms with E-state index in [1.165, 1.54) is 31.4 Å². The summed E-state index contributed by atoms with van der Waals surface area (Å²) in [5.74, 6) is -4.30. The Morgan fingerprint density at radius 3 is 1.91 bits per heavy atom. The fourth-order valence-corrected chi connectivity index (χ4v) is 4.67. The van der Waals surface area contributed by atoms with Crippen LogP contribution in [0.1, 0.15) is 50.5 Å². The number of carbonyl (C=O) groups is 2. The second-order valence-corrected chi connectivity index (χ2v) is 9.74. The minimum atomic E-state index is -5.08. The molecule has 0 unspecified atom stereocenters. The molecule has 0 atom stereocenters. The van der Waals surface area contributed by atoms with Crippen LogP contribution in [0.5, 0.6) is 5.75 Å². The lowest BCUT2D eigenvalue weighted by Crippen LogP contribution is -2.53. The number of rotatable bonds is 3. The van der Waals surface area contributed by atoms with Crippen molar-refractivity contribution in [1.82, 2.24) is 10.2 Å². The van der Waals surface area contributed by atoms with Gasteiger partial charge in [-0.2, -0.15) is 26.3 Å². The van der Waals surface area contributed by atoms with Crippen LogP contribution in [-0.4, -0.2) is 89.2 Å². The van der Waals surface area contributed by atoms with E-state index in [1.54, 1.807) is 12.1 Å². The van der Waals surface area contributed by atoms with Gasteiger partial charge in [-0.1, -0.05) is 31.4 Å². The summed E-state index contributed by atoms with van der Waals surface area (Å²) in [5.41, 5.74) is 0.157. The summed E-state index contributed by atoms with van der Waals surface area (Å²) in [4.78, 5) is 29.9. The molecule has 0 aromatic heterocycles. The number of piperidine rings is 1. The van der Waals surface area contributed by atoms with Crippen LogP contribution in [0.15, 0.2) is 34.3 Å². The summed E-state index contributed by atoms with van der Waals surface area (Å²) in [6.07, 6.45) is -7.19. The maximum Gasteiger partial charge on any atom is 0.573 e. The fraction of sp³-hybridized carbons (Fsp3) is 0.600. The topological polar surface area (TPSA) is 124 Å². The molecule has 4 rings (SSSR count). The molecule has 0 bridgehead atoms. The maximum atomic E-state index is 12.6. The van der Waals surface area contributed by atoms with Crippen molar-refractivity contribution in [1.29, 1.82) is 0 Å². The zero-order valence-corrected chi connectivity index (χ0v) is 22.6. The van der Waals surface area contributed by atoms with Crippen LogP contribution < -0.4 is 10.1 Å². The summed E-state index contributed by atoms with van der Waals surface area (Å²) in [5, 5.41) is 17.6. The number of hydrogen-bond donors (Lipinski definition) is 3. The number of hydrogen-bond acceptors (Lipinski definition) is 7. The Morgan fingerprint density at radius 1 is 0.930 bits per heavy atom. The Hall–Kier alpha value is -3.57. The van der Waals surface area contributed by atoms with Crippen molar-refractivity contribution >= 4 is 23.6 Å². The van der Waals surface area contributed by atoms with E-state index in [1.807, 2.05) is 0 Å². The van der Waals surface area contributed by atoms with Crippen LogP contribution in [0.2, 0.25) is 0 Å². The number of amidine groups is 2. The van der Waals surface area contributed by atoms with Gasteiger partial charge >= 0.3 is 30.7 Å². The molecule has 242 valence electrons. The van der Waals surface area contributed by atoms with E-state index in [0.29, 0.717) is 17.4 Å². The van der Waals surface area contributed by atoms with Crippen LogP contribution >= 0.6 is 0 Å². The third kappa shape index (κ3) is 10.9. The number of halogens is 9. The fourth-order valence-electron chi connectivity index (χ4n) is 4.67. The number of carboxylic acids is 2. The molecule has 43 heavy (non-hydrogen) atoms. The van der Waals surface area contributed by atoms with Gasteiger partial charge in [-0.25, -0.2) is 14.6 Å². The summed E-state index contributed by atoms with van der Waals surface area (Å²) in [6, 6.07) is 6.40. The molecule has 2 heterocycles. The van der Waals surface area contributed by atoms with Crippen LogP contribution in [0, 0.1) is 0 Å². The summed E-state index contributed by atoms with van der Waals surface area (Å²) < 4.78 is 105. The molecule has 9 nitrogen and oxygen atoms in total. The van der Waals surface area contributed by atoms with E-state index in [2.05, 4.69) is 22.0 Å². The lowest BCUT2D eigenvalue weighted by Gasteiger charge is -2.40. The first-order chi connectivity index (χ1) is 19.7. The quantitative estimate of drug-likeness (QED) is 0.380. The van der Waals surface area contributed by atoms with E-state index < -0.39 is 36.2 Å². The van der Waals surface area contributed by atoms with Gasteiger partial charge in [-0.3, -0.25) is 4.99 Å². The molecule has 18 heteroatoms. The predicted octanol–water partition coefficient (Wildman–Crippen LogP) is 5.40.